The van der Waals surface area contributed by atoms with Crippen molar-refractivity contribution in [2.75, 3.05) is 6.54 Å². The van der Waals surface area contributed by atoms with E-state index in [1.807, 2.05) is 12.1 Å². The molecule has 2 rings (SSSR count). The van der Waals surface area contributed by atoms with Crippen molar-refractivity contribution in [1.82, 2.24) is 10.0 Å². The molecule has 21 heavy (non-hydrogen) atoms. The third kappa shape index (κ3) is 5.09. The highest BCUT2D eigenvalue weighted by Crippen LogP contribution is 2.24. The average molecular weight is 310 g/mol. The summed E-state index contributed by atoms with van der Waals surface area (Å²) >= 11 is 0. The van der Waals surface area contributed by atoms with Crippen LogP contribution in [0.3, 0.4) is 0 Å². The molecule has 2 N–H and O–H groups in total. The number of hydrogen-bond acceptors (Lipinski definition) is 3. The lowest BCUT2D eigenvalue weighted by molar-refractivity contribution is 0.519. The van der Waals surface area contributed by atoms with Crippen LogP contribution < -0.4 is 10.0 Å². The lowest BCUT2D eigenvalue weighted by Gasteiger charge is -2.13. The molecule has 0 bridgehead atoms. The Kier molecular flexibility index (Phi) is 5.79. The minimum absolute atomic E-state index is 0.364. The van der Waals surface area contributed by atoms with Gasteiger partial charge in [-0.2, -0.15) is 0 Å². The van der Waals surface area contributed by atoms with Crippen molar-refractivity contribution in [3.05, 3.63) is 29.8 Å². The summed E-state index contributed by atoms with van der Waals surface area (Å²) in [5, 5.41) is 3.30. The van der Waals surface area contributed by atoms with Gasteiger partial charge in [0.05, 0.1) is 4.90 Å². The summed E-state index contributed by atoms with van der Waals surface area (Å²) in [6.45, 7) is 5.40. The molecule has 118 valence electrons. The van der Waals surface area contributed by atoms with E-state index in [0.717, 1.165) is 18.4 Å². The molecule has 0 spiro atoms. The molecule has 0 unspecified atom stereocenters. The molecule has 1 aromatic carbocycles. The Morgan fingerprint density at radius 2 is 1.95 bits per heavy atom. The molecule has 0 heterocycles. The lowest BCUT2D eigenvalue weighted by atomic mass is 10.1. The highest BCUT2D eigenvalue weighted by Gasteiger charge is 2.19. The van der Waals surface area contributed by atoms with Crippen LogP contribution in [0.2, 0.25) is 0 Å². The molecule has 0 amide bonds. The van der Waals surface area contributed by atoms with Gasteiger partial charge in [-0.1, -0.05) is 38.8 Å². The average Bonchev–Trinajstić information content (AvgIpc) is 2.97. The fraction of sp³-hybridized carbons (Fsp3) is 0.625. The van der Waals surface area contributed by atoms with Gasteiger partial charge in [0, 0.05) is 19.1 Å². The number of rotatable bonds is 7. The third-order valence-corrected chi connectivity index (χ3v) is 5.38. The predicted octanol–water partition coefficient (Wildman–Crippen LogP) is 2.65. The topological polar surface area (TPSA) is 58.2 Å². The normalized spacial score (nSPS) is 16.7. The van der Waals surface area contributed by atoms with Crippen LogP contribution in [0.1, 0.15) is 45.1 Å². The summed E-state index contributed by atoms with van der Waals surface area (Å²) < 4.78 is 27.5. The zero-order valence-electron chi connectivity index (χ0n) is 12.9. The highest BCUT2D eigenvalue weighted by molar-refractivity contribution is 7.89. The molecule has 4 nitrogen and oxygen atoms in total. The predicted molar refractivity (Wildman–Crippen MR) is 85.6 cm³/mol. The molecule has 1 saturated carbocycles. The van der Waals surface area contributed by atoms with E-state index < -0.39 is 10.0 Å². The van der Waals surface area contributed by atoms with Crippen LogP contribution in [0.25, 0.3) is 0 Å². The first kappa shape index (κ1) is 16.5. The Hall–Kier alpha value is -0.910. The third-order valence-electron chi connectivity index (χ3n) is 3.96. The second-order valence-electron chi connectivity index (χ2n) is 6.19. The van der Waals surface area contributed by atoms with Gasteiger partial charge < -0.3 is 5.32 Å². The van der Waals surface area contributed by atoms with Gasteiger partial charge in [-0.25, -0.2) is 13.1 Å². The maximum atomic E-state index is 12.3. The number of hydrogen-bond donors (Lipinski definition) is 2. The van der Waals surface area contributed by atoms with Crippen LogP contribution in [-0.4, -0.2) is 21.0 Å². The molecule has 1 aliphatic carbocycles. The zero-order valence-corrected chi connectivity index (χ0v) is 13.7. The van der Waals surface area contributed by atoms with Crippen molar-refractivity contribution in [3.63, 3.8) is 0 Å². The lowest BCUT2D eigenvalue weighted by Crippen LogP contribution is -2.28. The first-order chi connectivity index (χ1) is 9.97. The quantitative estimate of drug-likeness (QED) is 0.814. The summed E-state index contributed by atoms with van der Waals surface area (Å²) in [4.78, 5) is 0.364. The highest BCUT2D eigenvalue weighted by atomic mass is 32.2. The van der Waals surface area contributed by atoms with Crippen molar-refractivity contribution >= 4 is 10.0 Å². The van der Waals surface area contributed by atoms with Gasteiger partial charge in [-0.3, -0.25) is 0 Å². The number of benzene rings is 1. The Labute approximate surface area is 128 Å². The van der Waals surface area contributed by atoms with Gasteiger partial charge in [-0.05, 0) is 36.5 Å². The monoisotopic (exact) mass is 310 g/mol. The van der Waals surface area contributed by atoms with Crippen molar-refractivity contribution in [1.29, 1.82) is 0 Å². The first-order valence-corrected chi connectivity index (χ1v) is 9.27. The number of nitrogens with one attached hydrogen (secondary N) is 2. The summed E-state index contributed by atoms with van der Waals surface area (Å²) in [5.41, 5.74) is 0.993. The van der Waals surface area contributed by atoms with Gasteiger partial charge in [0.2, 0.25) is 10.0 Å². The van der Waals surface area contributed by atoms with Crippen LogP contribution in [-0.2, 0) is 16.6 Å². The second kappa shape index (κ2) is 7.38. The Balaban J connectivity index is 1.99. The minimum atomic E-state index is -3.39. The van der Waals surface area contributed by atoms with Gasteiger partial charge in [0.25, 0.3) is 0 Å². The Morgan fingerprint density at radius 1 is 1.24 bits per heavy atom. The van der Waals surface area contributed by atoms with Crippen LogP contribution in [0.4, 0.5) is 0 Å². The Bertz CT molecular complexity index is 549. The van der Waals surface area contributed by atoms with Crippen molar-refractivity contribution in [3.8, 4) is 0 Å². The molecule has 0 atom stereocenters. The van der Waals surface area contributed by atoms with E-state index in [9.17, 15) is 8.42 Å². The van der Waals surface area contributed by atoms with Crippen molar-refractivity contribution in [2.24, 2.45) is 5.92 Å². The number of sulfonamides is 1. The van der Waals surface area contributed by atoms with E-state index in [2.05, 4.69) is 23.9 Å². The van der Waals surface area contributed by atoms with Crippen LogP contribution in [0, 0.1) is 5.92 Å². The maximum Gasteiger partial charge on any atom is 0.240 e. The van der Waals surface area contributed by atoms with E-state index in [4.69, 9.17) is 0 Å². The van der Waals surface area contributed by atoms with Gasteiger partial charge in [0.1, 0.15) is 0 Å². The van der Waals surface area contributed by atoms with E-state index in [0.29, 0.717) is 29.9 Å². The molecule has 0 aliphatic heterocycles. The fourth-order valence-corrected chi connectivity index (χ4v) is 3.86. The van der Waals surface area contributed by atoms with Crippen molar-refractivity contribution in [2.45, 2.75) is 57.0 Å². The minimum Gasteiger partial charge on any atom is -0.310 e. The zero-order chi connectivity index (χ0) is 15.3. The van der Waals surface area contributed by atoms with Crippen LogP contribution in [0.5, 0.6) is 0 Å². The SMILES string of the molecule is CC(C)NCc1cccc(S(=O)(=O)NCC2CCCC2)c1. The second-order valence-corrected chi connectivity index (χ2v) is 7.95. The van der Waals surface area contributed by atoms with Crippen LogP contribution in [0.15, 0.2) is 29.2 Å². The van der Waals surface area contributed by atoms with Gasteiger partial charge in [0.15, 0.2) is 0 Å². The van der Waals surface area contributed by atoms with E-state index >= 15 is 0 Å². The van der Waals surface area contributed by atoms with E-state index in [1.54, 1.807) is 12.1 Å². The van der Waals surface area contributed by atoms with E-state index in [1.165, 1.54) is 12.8 Å². The largest absolute Gasteiger partial charge is 0.310 e. The summed E-state index contributed by atoms with van der Waals surface area (Å²) in [6.07, 6.45) is 4.73. The summed E-state index contributed by atoms with van der Waals surface area (Å²) in [5.74, 6) is 0.505. The van der Waals surface area contributed by atoms with E-state index in [-0.39, 0.29) is 0 Å². The molecule has 1 aromatic rings. The smallest absolute Gasteiger partial charge is 0.240 e. The molecular formula is C16H26N2O2S. The molecular weight excluding hydrogens is 284 g/mol. The first-order valence-electron chi connectivity index (χ1n) is 7.79. The van der Waals surface area contributed by atoms with Crippen molar-refractivity contribution < 1.29 is 8.42 Å². The Morgan fingerprint density at radius 3 is 2.62 bits per heavy atom. The standard InChI is InChI=1S/C16H26N2O2S/c1-13(2)17-11-15-8-5-9-16(10-15)21(19,20)18-12-14-6-3-4-7-14/h5,8-10,13-14,17-18H,3-4,6-7,11-12H2,1-2H3. The van der Waals surface area contributed by atoms with Gasteiger partial charge in [-0.15, -0.1) is 0 Å². The summed E-state index contributed by atoms with van der Waals surface area (Å²) in [7, 11) is -3.39. The van der Waals surface area contributed by atoms with Gasteiger partial charge >= 0.3 is 0 Å². The molecule has 0 radical (unpaired) electrons. The fourth-order valence-electron chi connectivity index (χ4n) is 2.67. The summed E-state index contributed by atoms with van der Waals surface area (Å²) in [6, 6.07) is 7.56. The molecule has 1 aliphatic rings. The molecule has 5 heteroatoms. The maximum absolute atomic E-state index is 12.3. The van der Waals surface area contributed by atoms with Crippen LogP contribution >= 0.6 is 0 Å². The molecule has 0 saturated heterocycles. The molecule has 1 fully saturated rings. The molecule has 0 aromatic heterocycles.